The van der Waals surface area contributed by atoms with Crippen molar-refractivity contribution in [2.45, 2.75) is 31.2 Å². The fourth-order valence-corrected chi connectivity index (χ4v) is 5.61. The van der Waals surface area contributed by atoms with E-state index in [1.54, 1.807) is 24.3 Å². The van der Waals surface area contributed by atoms with Gasteiger partial charge in [0.25, 0.3) is 0 Å². The molecular weight excluding hydrogens is 520 g/mol. The van der Waals surface area contributed by atoms with Crippen LogP contribution in [0.3, 0.4) is 0 Å². The number of hydrogen-bond acceptors (Lipinski definition) is 6. The summed E-state index contributed by atoms with van der Waals surface area (Å²) in [6, 6.07) is 9.33. The number of fused-ring (bicyclic) bond motifs is 1. The number of nitrogens with zero attached hydrogens (tertiary/aromatic N) is 1. The van der Waals surface area contributed by atoms with Crippen LogP contribution >= 0.6 is 11.3 Å². The minimum Gasteiger partial charge on any atom is -0.495 e. The van der Waals surface area contributed by atoms with Crippen molar-refractivity contribution in [2.24, 2.45) is 5.73 Å². The number of hydrogen-bond donors (Lipinski definition) is 3. The highest BCUT2D eigenvalue weighted by Gasteiger charge is 2.32. The molecule has 0 bridgehead atoms. The molecule has 2 aromatic carbocycles. The van der Waals surface area contributed by atoms with Crippen LogP contribution in [0.5, 0.6) is 5.75 Å². The van der Waals surface area contributed by atoms with Gasteiger partial charge in [-0.05, 0) is 48.7 Å². The van der Waals surface area contributed by atoms with Gasteiger partial charge in [0.05, 0.1) is 47.1 Å². The zero-order valence-corrected chi connectivity index (χ0v) is 21.7. The van der Waals surface area contributed by atoms with Crippen molar-refractivity contribution in [3.8, 4) is 17.6 Å². The quantitative estimate of drug-likeness (QED) is 0.285. The second kappa shape index (κ2) is 11.5. The molecule has 3 aromatic rings. The second-order valence-electron chi connectivity index (χ2n) is 9.14. The van der Waals surface area contributed by atoms with E-state index in [0.29, 0.717) is 45.1 Å². The number of methoxy groups -OCH3 is 1. The van der Waals surface area contributed by atoms with Gasteiger partial charge in [0, 0.05) is 18.7 Å². The number of benzene rings is 2. The monoisotopic (exact) mass is 548 g/mol. The van der Waals surface area contributed by atoms with Gasteiger partial charge in [0.15, 0.2) is 0 Å². The molecule has 0 spiro atoms. The number of ether oxygens (including phenoxy) is 1. The van der Waals surface area contributed by atoms with Gasteiger partial charge >= 0.3 is 6.18 Å². The number of nitrogens with two attached hydrogens (primary N) is 1. The third-order valence-electron chi connectivity index (χ3n) is 6.34. The lowest BCUT2D eigenvalue weighted by molar-refractivity contribution is -0.126. The Hall–Kier alpha value is -3.49. The van der Waals surface area contributed by atoms with Crippen molar-refractivity contribution >= 4 is 38.7 Å². The molecule has 1 saturated heterocycles. The summed E-state index contributed by atoms with van der Waals surface area (Å²) >= 11 is 1.17. The molecule has 1 fully saturated rings. The fraction of sp³-hybridized carbons (Fsp3) is 0.370. The van der Waals surface area contributed by atoms with E-state index < -0.39 is 30.7 Å². The molecule has 202 valence electrons. The Morgan fingerprint density at radius 2 is 2.05 bits per heavy atom. The molecule has 6 nitrogen and oxygen atoms in total. The van der Waals surface area contributed by atoms with Crippen LogP contribution in [0.4, 0.5) is 28.9 Å². The molecule has 1 aliphatic heterocycles. The number of nitrogens with one attached hydrogen (secondary N) is 2. The molecule has 1 amide bonds. The highest BCUT2D eigenvalue weighted by Crippen LogP contribution is 2.39. The number of likely N-dealkylation sites (tertiary alicyclic amines) is 1. The first kappa shape index (κ1) is 27.5. The van der Waals surface area contributed by atoms with Crippen LogP contribution in [0.2, 0.25) is 0 Å². The van der Waals surface area contributed by atoms with Gasteiger partial charge in [-0.1, -0.05) is 24.0 Å². The Morgan fingerprint density at radius 1 is 1.26 bits per heavy atom. The summed E-state index contributed by atoms with van der Waals surface area (Å²) in [5, 5.41) is 6.74. The summed E-state index contributed by atoms with van der Waals surface area (Å²) in [7, 11) is 3.30. The molecule has 0 aliphatic carbocycles. The predicted molar refractivity (Wildman–Crippen MR) is 143 cm³/mol. The number of amides is 1. The Balaban J connectivity index is 1.60. The van der Waals surface area contributed by atoms with Gasteiger partial charge in [0.1, 0.15) is 11.9 Å². The SMILES string of the molecule is COc1cc(C(N)=O)ccc1NCC#Cc1sc2c(NC3CCN(C)CC3F)cccc2c1CC(F)(F)F. The third-order valence-corrected chi connectivity index (χ3v) is 7.53. The summed E-state index contributed by atoms with van der Waals surface area (Å²) in [6.07, 6.45) is -6.02. The lowest BCUT2D eigenvalue weighted by Gasteiger charge is -2.33. The maximum Gasteiger partial charge on any atom is 0.393 e. The molecule has 0 saturated carbocycles. The smallest absolute Gasteiger partial charge is 0.393 e. The van der Waals surface area contributed by atoms with Crippen molar-refractivity contribution in [1.29, 1.82) is 0 Å². The Labute approximate surface area is 222 Å². The third kappa shape index (κ3) is 6.49. The molecule has 4 N–H and O–H groups in total. The molecule has 2 unspecified atom stereocenters. The van der Waals surface area contributed by atoms with Gasteiger partial charge in [-0.3, -0.25) is 4.79 Å². The van der Waals surface area contributed by atoms with Crippen molar-refractivity contribution in [2.75, 3.05) is 44.4 Å². The number of rotatable bonds is 7. The number of piperidine rings is 1. The molecular formula is C27H28F4N4O2S. The first-order chi connectivity index (χ1) is 18.1. The van der Waals surface area contributed by atoms with Gasteiger partial charge in [0.2, 0.25) is 5.91 Å². The van der Waals surface area contributed by atoms with E-state index in [1.807, 2.05) is 11.9 Å². The van der Waals surface area contributed by atoms with Crippen molar-refractivity contribution in [1.82, 2.24) is 4.90 Å². The minimum absolute atomic E-state index is 0.109. The number of thiophene rings is 1. The first-order valence-corrected chi connectivity index (χ1v) is 12.8. The van der Waals surface area contributed by atoms with Crippen LogP contribution in [0, 0.1) is 11.8 Å². The lowest BCUT2D eigenvalue weighted by Crippen LogP contribution is -2.46. The second-order valence-corrected chi connectivity index (χ2v) is 10.2. The molecule has 11 heteroatoms. The van der Waals surface area contributed by atoms with Crippen LogP contribution in [-0.4, -0.2) is 63.0 Å². The molecule has 38 heavy (non-hydrogen) atoms. The lowest BCUT2D eigenvalue weighted by atomic mass is 10.0. The zero-order valence-electron chi connectivity index (χ0n) is 20.9. The summed E-state index contributed by atoms with van der Waals surface area (Å²) in [5.74, 6) is 5.57. The van der Waals surface area contributed by atoms with Gasteiger partial charge in [-0.15, -0.1) is 11.3 Å². The van der Waals surface area contributed by atoms with Crippen LogP contribution in [0.1, 0.15) is 27.2 Å². The number of halogens is 4. The van der Waals surface area contributed by atoms with E-state index in [9.17, 15) is 22.4 Å². The van der Waals surface area contributed by atoms with Gasteiger partial charge in [-0.25, -0.2) is 4.39 Å². The molecule has 2 heterocycles. The summed E-state index contributed by atoms with van der Waals surface area (Å²) in [6.45, 7) is 1.16. The van der Waals surface area contributed by atoms with E-state index in [4.69, 9.17) is 10.5 Å². The molecule has 0 radical (unpaired) electrons. The standard InChI is InChI=1S/C27H28F4N4O2S/c1-35-12-10-20(19(28)15-35)34-22-6-3-5-17-18(14-27(29,30)31)24(38-25(17)22)7-4-11-33-21-9-8-16(26(32)36)13-23(21)37-2/h3,5-6,8-9,13,19-20,33-34H,10-12,14-15H2,1-2H3,(H2,32,36). The Kier molecular flexibility index (Phi) is 8.33. The molecule has 4 rings (SSSR count). The van der Waals surface area contributed by atoms with E-state index in [1.165, 1.54) is 30.6 Å². The van der Waals surface area contributed by atoms with Crippen molar-refractivity contribution in [3.63, 3.8) is 0 Å². The van der Waals surface area contributed by atoms with Gasteiger partial charge < -0.3 is 26.0 Å². The maximum absolute atomic E-state index is 14.6. The average molecular weight is 549 g/mol. The summed E-state index contributed by atoms with van der Waals surface area (Å²) < 4.78 is 61.0. The minimum atomic E-state index is -4.42. The Bertz CT molecular complexity index is 1380. The van der Waals surface area contributed by atoms with E-state index in [2.05, 4.69) is 22.5 Å². The average Bonchev–Trinajstić information content (AvgIpc) is 3.20. The van der Waals surface area contributed by atoms with Gasteiger partial charge in [-0.2, -0.15) is 13.2 Å². The topological polar surface area (TPSA) is 79.6 Å². The Morgan fingerprint density at radius 3 is 2.74 bits per heavy atom. The molecule has 2 atom stereocenters. The highest BCUT2D eigenvalue weighted by molar-refractivity contribution is 7.20. The number of alkyl halides is 4. The van der Waals surface area contributed by atoms with E-state index >= 15 is 0 Å². The highest BCUT2D eigenvalue weighted by atomic mass is 32.1. The van der Waals surface area contributed by atoms with Crippen molar-refractivity contribution in [3.05, 3.63) is 52.4 Å². The number of carbonyl (C=O) groups is 1. The van der Waals surface area contributed by atoms with Crippen LogP contribution in [0.25, 0.3) is 10.1 Å². The largest absolute Gasteiger partial charge is 0.495 e. The maximum atomic E-state index is 14.6. The predicted octanol–water partition coefficient (Wildman–Crippen LogP) is 5.03. The van der Waals surface area contributed by atoms with Crippen LogP contribution in [0.15, 0.2) is 36.4 Å². The van der Waals surface area contributed by atoms with E-state index in [-0.39, 0.29) is 17.7 Å². The first-order valence-electron chi connectivity index (χ1n) is 12.0. The fourth-order valence-electron chi connectivity index (χ4n) is 4.43. The number of carbonyl (C=O) groups excluding carboxylic acids is 1. The van der Waals surface area contributed by atoms with Crippen LogP contribution < -0.4 is 21.1 Å². The van der Waals surface area contributed by atoms with Crippen molar-refractivity contribution < 1.29 is 27.1 Å². The summed E-state index contributed by atoms with van der Waals surface area (Å²) in [5.41, 5.74) is 6.86. The van der Waals surface area contributed by atoms with Crippen LogP contribution in [-0.2, 0) is 6.42 Å². The summed E-state index contributed by atoms with van der Waals surface area (Å²) in [4.78, 5) is 13.6. The van der Waals surface area contributed by atoms with E-state index in [0.717, 1.165) is 6.54 Å². The normalized spacial score (nSPS) is 18.1. The zero-order chi connectivity index (χ0) is 27.4. The number of primary amides is 1. The molecule has 1 aromatic heterocycles. The number of anilines is 2. The molecule has 1 aliphatic rings.